The Balaban J connectivity index is 1.37. The Hall–Kier alpha value is -4.05. The number of aromatic nitrogens is 5. The summed E-state index contributed by atoms with van der Waals surface area (Å²) >= 11 is 2.24. The summed E-state index contributed by atoms with van der Waals surface area (Å²) in [6.07, 6.45) is 5.21. The minimum absolute atomic E-state index is 0.0357. The molecule has 5 rings (SSSR count). The number of oxime groups is 1. The summed E-state index contributed by atoms with van der Waals surface area (Å²) < 4.78 is 7.48. The van der Waals surface area contributed by atoms with E-state index in [9.17, 15) is 19.5 Å². The number of β-lactam (4-membered cyclic amide) rings is 1. The lowest BCUT2D eigenvalue weighted by Crippen LogP contribution is -2.71. The third-order valence-corrected chi connectivity index (χ3v) is 7.27. The number of amides is 2. The predicted molar refractivity (Wildman–Crippen MR) is 123 cm³/mol. The number of rotatable bonds is 7. The van der Waals surface area contributed by atoms with Crippen molar-refractivity contribution in [1.82, 2.24) is 29.2 Å². The summed E-state index contributed by atoms with van der Waals surface area (Å²) in [6, 6.07) is 2.69. The monoisotopic (exact) mass is 516 g/mol. The number of carbonyl (C=O) groups is 3. The highest BCUT2D eigenvalue weighted by molar-refractivity contribution is 8.00. The number of carboxylic acid groups (broad SMARTS) is 1. The number of thioether (sulfide) groups is 1. The summed E-state index contributed by atoms with van der Waals surface area (Å²) in [5.41, 5.74) is 6.60. The zero-order valence-electron chi connectivity index (χ0n) is 18.1. The fourth-order valence-corrected chi connectivity index (χ4v) is 5.67. The van der Waals surface area contributed by atoms with Crippen molar-refractivity contribution in [2.45, 2.75) is 18.0 Å². The van der Waals surface area contributed by atoms with Crippen LogP contribution < -0.4 is 15.6 Å². The van der Waals surface area contributed by atoms with Gasteiger partial charge >= 0.3 is 11.6 Å². The second-order valence-corrected chi connectivity index (χ2v) is 9.34. The van der Waals surface area contributed by atoms with E-state index in [1.165, 1.54) is 23.8 Å². The third-order valence-electron chi connectivity index (χ3n) is 5.39. The maximum absolute atomic E-state index is 13.0. The zero-order valence-corrected chi connectivity index (χ0v) is 19.7. The molecule has 0 radical (unpaired) electrons. The lowest BCUT2D eigenvalue weighted by atomic mass is 10.0. The van der Waals surface area contributed by atoms with Crippen LogP contribution in [0.25, 0.3) is 5.65 Å². The summed E-state index contributed by atoms with van der Waals surface area (Å²) in [6.45, 7) is 0.270. The predicted octanol–water partition coefficient (Wildman–Crippen LogP) is -1.16. The van der Waals surface area contributed by atoms with E-state index >= 15 is 0 Å². The van der Waals surface area contributed by atoms with E-state index in [2.05, 4.69) is 24.9 Å². The molecule has 0 aromatic carbocycles. The molecule has 16 heteroatoms. The molecule has 3 aromatic rings. The van der Waals surface area contributed by atoms with Gasteiger partial charge in [-0.25, -0.2) is 9.36 Å². The molecule has 0 saturated carbocycles. The number of hydrogen-bond donors (Lipinski definition) is 3. The normalized spacial score (nSPS) is 20.0. The maximum Gasteiger partial charge on any atom is 0.352 e. The largest absolute Gasteiger partial charge is 0.477 e. The number of carbonyl (C=O) groups excluding carboxylic acids is 2. The highest BCUT2D eigenvalue weighted by atomic mass is 32.2. The van der Waals surface area contributed by atoms with Crippen LogP contribution in [0.15, 0.2) is 47.1 Å². The summed E-state index contributed by atoms with van der Waals surface area (Å²) in [4.78, 5) is 47.8. The molecule has 0 aliphatic carbocycles. The van der Waals surface area contributed by atoms with E-state index in [4.69, 9.17) is 10.6 Å². The van der Waals surface area contributed by atoms with Crippen molar-refractivity contribution >= 4 is 57.6 Å². The molecular formula is C19H18N9O5S2+. The first kappa shape index (κ1) is 22.7. The fraction of sp³-hybridized carbons (Fsp3) is 0.263. The van der Waals surface area contributed by atoms with Crippen molar-refractivity contribution in [2.75, 3.05) is 18.6 Å². The average molecular weight is 517 g/mol. The van der Waals surface area contributed by atoms with E-state index in [1.54, 1.807) is 29.2 Å². The zero-order chi connectivity index (χ0) is 24.7. The Morgan fingerprint density at radius 2 is 2.29 bits per heavy atom. The first-order chi connectivity index (χ1) is 16.9. The molecule has 180 valence electrons. The molecule has 4 N–H and O–H groups in total. The SMILES string of the molecule is CO/N=C(/C(=O)NC1C(=O)N2C(C(=O)O)=C(C[n+]3ccn4ncccc43)CSC12)c1nsc(N)n1. The van der Waals surface area contributed by atoms with Gasteiger partial charge in [0.25, 0.3) is 11.8 Å². The minimum atomic E-state index is -1.21. The van der Waals surface area contributed by atoms with Crippen LogP contribution in [0.4, 0.5) is 5.13 Å². The van der Waals surface area contributed by atoms with Crippen LogP contribution in [0, 0.1) is 0 Å². The van der Waals surface area contributed by atoms with Gasteiger partial charge in [-0.1, -0.05) is 10.3 Å². The molecule has 2 aliphatic heterocycles. The van der Waals surface area contributed by atoms with Crippen LogP contribution in [0.3, 0.4) is 0 Å². The molecule has 35 heavy (non-hydrogen) atoms. The number of nitrogen functional groups attached to an aromatic ring is 1. The number of nitrogens with two attached hydrogens (primary N) is 1. The molecule has 1 saturated heterocycles. The van der Waals surface area contributed by atoms with E-state index in [1.807, 2.05) is 10.6 Å². The van der Waals surface area contributed by atoms with Crippen molar-refractivity contribution in [1.29, 1.82) is 0 Å². The van der Waals surface area contributed by atoms with Gasteiger partial charge in [0.1, 0.15) is 37.0 Å². The number of nitrogens with zero attached hydrogens (tertiary/aromatic N) is 7. The molecular weight excluding hydrogens is 498 g/mol. The number of fused-ring (bicyclic) bond motifs is 2. The van der Waals surface area contributed by atoms with Gasteiger partial charge in [0, 0.05) is 28.9 Å². The van der Waals surface area contributed by atoms with Crippen molar-refractivity contribution in [3.8, 4) is 0 Å². The summed E-state index contributed by atoms with van der Waals surface area (Å²) in [7, 11) is 1.25. The Bertz CT molecular complexity index is 1410. The first-order valence-electron chi connectivity index (χ1n) is 10.1. The van der Waals surface area contributed by atoms with Gasteiger partial charge in [0.15, 0.2) is 11.3 Å². The quantitative estimate of drug-likeness (QED) is 0.150. The van der Waals surface area contributed by atoms with Gasteiger partial charge in [-0.15, -0.1) is 16.3 Å². The lowest BCUT2D eigenvalue weighted by Gasteiger charge is -2.49. The fourth-order valence-electron chi connectivity index (χ4n) is 3.90. The standard InChI is InChI=1S/C19H17N9O5S2/c1-33-24-11(14-23-19(20)35-25-14)15(29)22-12-16(30)28-13(18(31)32)9(8-34-17(12)28)7-26-5-6-27-10(26)3-2-4-21-27/h2-6,12,17H,7-8H2,1H3,(H3-,20,22,23,25,29,31,32)/p+1/b24-11+. The second kappa shape index (κ2) is 8.95. The van der Waals surface area contributed by atoms with E-state index < -0.39 is 29.2 Å². The smallest absolute Gasteiger partial charge is 0.352 e. The molecule has 3 aromatic heterocycles. The van der Waals surface area contributed by atoms with Crippen molar-refractivity contribution < 1.29 is 28.9 Å². The van der Waals surface area contributed by atoms with Crippen LogP contribution in [0.2, 0.25) is 0 Å². The highest BCUT2D eigenvalue weighted by Crippen LogP contribution is 2.40. The molecule has 2 amide bonds. The number of aliphatic carboxylic acids is 1. The molecule has 2 aliphatic rings. The number of anilines is 1. The van der Waals surface area contributed by atoms with Gasteiger partial charge in [-0.3, -0.25) is 14.5 Å². The van der Waals surface area contributed by atoms with Crippen LogP contribution >= 0.6 is 23.3 Å². The van der Waals surface area contributed by atoms with Crippen LogP contribution in [0.1, 0.15) is 5.82 Å². The van der Waals surface area contributed by atoms with E-state index in [-0.39, 0.29) is 28.9 Å². The molecule has 2 atom stereocenters. The second-order valence-electron chi connectivity index (χ2n) is 7.45. The Morgan fingerprint density at radius 3 is 3.00 bits per heavy atom. The number of imidazole rings is 1. The van der Waals surface area contributed by atoms with Crippen LogP contribution in [-0.2, 0) is 25.8 Å². The molecule has 1 fully saturated rings. The maximum atomic E-state index is 13.0. The van der Waals surface area contributed by atoms with Crippen molar-refractivity contribution in [2.24, 2.45) is 5.16 Å². The van der Waals surface area contributed by atoms with Gasteiger partial charge in [-0.05, 0) is 6.07 Å². The summed E-state index contributed by atoms with van der Waals surface area (Å²) in [5.74, 6) is -2.17. The minimum Gasteiger partial charge on any atom is -0.477 e. The molecule has 5 heterocycles. The first-order valence-corrected chi connectivity index (χ1v) is 11.9. The molecule has 0 bridgehead atoms. The number of nitrogens with one attached hydrogen (secondary N) is 1. The molecule has 2 unspecified atom stereocenters. The van der Waals surface area contributed by atoms with Crippen LogP contribution in [0.5, 0.6) is 0 Å². The Morgan fingerprint density at radius 1 is 1.46 bits per heavy atom. The Labute approximate surface area is 205 Å². The van der Waals surface area contributed by atoms with Crippen LogP contribution in [-0.4, -0.2) is 76.8 Å². The van der Waals surface area contributed by atoms with Gasteiger partial charge in [-0.2, -0.15) is 9.36 Å². The number of carboxylic acids is 1. The van der Waals surface area contributed by atoms with E-state index in [0.717, 1.165) is 17.2 Å². The Kier molecular flexibility index (Phi) is 5.81. The lowest BCUT2D eigenvalue weighted by molar-refractivity contribution is -0.662. The van der Waals surface area contributed by atoms with Gasteiger partial charge in [0.05, 0.1) is 6.20 Å². The molecule has 14 nitrogen and oxygen atoms in total. The van der Waals surface area contributed by atoms with Crippen molar-refractivity contribution in [3.05, 3.63) is 47.8 Å². The number of hydrogen-bond acceptors (Lipinski definition) is 11. The van der Waals surface area contributed by atoms with Crippen molar-refractivity contribution in [3.63, 3.8) is 0 Å². The third kappa shape index (κ3) is 3.95. The topological polar surface area (TPSA) is 181 Å². The van der Waals surface area contributed by atoms with Gasteiger partial charge < -0.3 is 21.0 Å². The summed E-state index contributed by atoms with van der Waals surface area (Å²) in [5, 5.41) is 19.9. The molecule has 0 spiro atoms. The highest BCUT2D eigenvalue weighted by Gasteiger charge is 2.54. The van der Waals surface area contributed by atoms with E-state index in [0.29, 0.717) is 11.3 Å². The van der Waals surface area contributed by atoms with Gasteiger partial charge in [0.2, 0.25) is 11.5 Å². The average Bonchev–Trinajstić information content (AvgIpc) is 3.46.